The summed E-state index contributed by atoms with van der Waals surface area (Å²) in [6, 6.07) is 1.55. The number of amides is 2. The summed E-state index contributed by atoms with van der Waals surface area (Å²) >= 11 is 0. The molecular formula is C13H18N2O3. The van der Waals surface area contributed by atoms with Gasteiger partial charge in [-0.3, -0.25) is 4.79 Å². The first kappa shape index (κ1) is 14.0. The van der Waals surface area contributed by atoms with E-state index in [0.717, 1.165) is 27.9 Å². The van der Waals surface area contributed by atoms with Crippen LogP contribution in [-0.2, 0) is 4.79 Å². The summed E-state index contributed by atoms with van der Waals surface area (Å²) < 4.78 is 0. The number of urea groups is 1. The van der Waals surface area contributed by atoms with Crippen LogP contribution in [0.15, 0.2) is 6.07 Å². The number of rotatable bonds is 3. The molecule has 1 aromatic rings. The fourth-order valence-electron chi connectivity index (χ4n) is 1.72. The molecule has 0 unspecified atom stereocenters. The number of anilines is 1. The van der Waals surface area contributed by atoms with Crippen molar-refractivity contribution in [2.24, 2.45) is 0 Å². The smallest absolute Gasteiger partial charge is 0.323 e. The van der Waals surface area contributed by atoms with Gasteiger partial charge in [-0.1, -0.05) is 6.07 Å². The fraction of sp³-hybridized carbons (Fsp3) is 0.385. The minimum Gasteiger partial charge on any atom is -0.480 e. The lowest BCUT2D eigenvalue weighted by molar-refractivity contribution is -0.135. The van der Waals surface area contributed by atoms with Gasteiger partial charge < -0.3 is 15.7 Å². The summed E-state index contributed by atoms with van der Waals surface area (Å²) in [5.74, 6) is -1.07. The molecule has 0 aliphatic heterocycles. The monoisotopic (exact) mass is 250 g/mol. The fourth-order valence-corrected chi connectivity index (χ4v) is 1.72. The number of carboxylic acid groups (broad SMARTS) is 1. The largest absolute Gasteiger partial charge is 0.480 e. The van der Waals surface area contributed by atoms with E-state index in [1.165, 1.54) is 0 Å². The maximum absolute atomic E-state index is 11.6. The van der Waals surface area contributed by atoms with Gasteiger partial charge in [0.2, 0.25) is 0 Å². The minimum absolute atomic E-state index is 0.394. The Kier molecular flexibility index (Phi) is 4.31. The quantitative estimate of drug-likeness (QED) is 0.769. The van der Waals surface area contributed by atoms with Crippen molar-refractivity contribution in [1.82, 2.24) is 5.32 Å². The van der Waals surface area contributed by atoms with Crippen LogP contribution in [0.1, 0.15) is 22.3 Å². The Balaban J connectivity index is 2.90. The highest BCUT2D eigenvalue weighted by Crippen LogP contribution is 2.26. The van der Waals surface area contributed by atoms with Crippen LogP contribution < -0.4 is 10.6 Å². The molecule has 0 spiro atoms. The van der Waals surface area contributed by atoms with Crippen LogP contribution in [0.2, 0.25) is 0 Å². The van der Waals surface area contributed by atoms with Gasteiger partial charge in [-0.15, -0.1) is 0 Å². The number of carbonyl (C=O) groups is 2. The maximum atomic E-state index is 11.6. The first-order valence-corrected chi connectivity index (χ1v) is 5.67. The van der Waals surface area contributed by atoms with Gasteiger partial charge in [-0.25, -0.2) is 4.79 Å². The van der Waals surface area contributed by atoms with Gasteiger partial charge >= 0.3 is 12.0 Å². The molecule has 0 saturated heterocycles. The standard InChI is InChI=1S/C13H18N2O3/c1-7-5-8(2)10(4)12(9(7)3)15-13(18)14-6-11(16)17/h5H,6H2,1-4H3,(H,16,17)(H2,14,15,18). The van der Waals surface area contributed by atoms with E-state index in [-0.39, 0.29) is 0 Å². The van der Waals surface area contributed by atoms with E-state index in [9.17, 15) is 9.59 Å². The first-order chi connectivity index (χ1) is 8.32. The molecule has 0 saturated carbocycles. The van der Waals surface area contributed by atoms with Gasteiger partial charge in [-0.2, -0.15) is 0 Å². The molecule has 1 rings (SSSR count). The Morgan fingerprint density at radius 3 is 2.06 bits per heavy atom. The number of aliphatic carboxylic acids is 1. The maximum Gasteiger partial charge on any atom is 0.323 e. The number of carboxylic acids is 1. The highest BCUT2D eigenvalue weighted by molar-refractivity contribution is 5.93. The highest BCUT2D eigenvalue weighted by Gasteiger charge is 2.11. The van der Waals surface area contributed by atoms with Gasteiger partial charge in [0, 0.05) is 5.69 Å². The summed E-state index contributed by atoms with van der Waals surface area (Å²) in [4.78, 5) is 21.9. The van der Waals surface area contributed by atoms with Crippen molar-refractivity contribution in [3.05, 3.63) is 28.3 Å². The van der Waals surface area contributed by atoms with Crippen LogP contribution in [0.3, 0.4) is 0 Å². The zero-order chi connectivity index (χ0) is 13.9. The number of hydrogen-bond acceptors (Lipinski definition) is 2. The van der Waals surface area contributed by atoms with E-state index >= 15 is 0 Å². The van der Waals surface area contributed by atoms with E-state index in [1.807, 2.05) is 27.7 Å². The Morgan fingerprint density at radius 2 is 1.61 bits per heavy atom. The highest BCUT2D eigenvalue weighted by atomic mass is 16.4. The number of nitrogens with one attached hydrogen (secondary N) is 2. The van der Waals surface area contributed by atoms with E-state index in [4.69, 9.17) is 5.11 Å². The summed E-state index contributed by atoms with van der Waals surface area (Å²) in [6.45, 7) is 7.40. The molecule has 0 radical (unpaired) electrons. The summed E-state index contributed by atoms with van der Waals surface area (Å²) in [5.41, 5.74) is 4.90. The molecule has 0 bridgehead atoms. The number of benzene rings is 1. The molecule has 1 aromatic carbocycles. The van der Waals surface area contributed by atoms with Crippen molar-refractivity contribution in [2.75, 3.05) is 11.9 Å². The van der Waals surface area contributed by atoms with Gasteiger partial charge in [0.05, 0.1) is 0 Å². The number of aryl methyl sites for hydroxylation is 2. The molecule has 0 atom stereocenters. The number of hydrogen-bond donors (Lipinski definition) is 3. The second-order valence-corrected chi connectivity index (χ2v) is 4.34. The Labute approximate surface area is 106 Å². The van der Waals surface area contributed by atoms with Crippen molar-refractivity contribution in [1.29, 1.82) is 0 Å². The van der Waals surface area contributed by atoms with Crippen LogP contribution in [0.25, 0.3) is 0 Å². The van der Waals surface area contributed by atoms with Crippen LogP contribution in [0.4, 0.5) is 10.5 Å². The summed E-state index contributed by atoms with van der Waals surface area (Å²) in [6.07, 6.45) is 0. The van der Waals surface area contributed by atoms with Crippen LogP contribution in [0, 0.1) is 27.7 Å². The van der Waals surface area contributed by atoms with Gasteiger partial charge in [0.15, 0.2) is 0 Å². The average molecular weight is 250 g/mol. The second-order valence-electron chi connectivity index (χ2n) is 4.34. The van der Waals surface area contributed by atoms with E-state index in [0.29, 0.717) is 0 Å². The van der Waals surface area contributed by atoms with Gasteiger partial charge in [0.25, 0.3) is 0 Å². The zero-order valence-electron chi connectivity index (χ0n) is 11.0. The first-order valence-electron chi connectivity index (χ1n) is 5.67. The van der Waals surface area contributed by atoms with Crippen LogP contribution in [-0.4, -0.2) is 23.7 Å². The van der Waals surface area contributed by atoms with Crippen molar-refractivity contribution in [3.63, 3.8) is 0 Å². The molecule has 0 fully saturated rings. The molecule has 2 amide bonds. The van der Waals surface area contributed by atoms with Crippen molar-refractivity contribution >= 4 is 17.7 Å². The molecule has 5 nitrogen and oxygen atoms in total. The predicted octanol–water partition coefficient (Wildman–Crippen LogP) is 2.13. The van der Waals surface area contributed by atoms with Crippen LogP contribution in [0.5, 0.6) is 0 Å². The summed E-state index contributed by atoms with van der Waals surface area (Å²) in [7, 11) is 0. The molecule has 3 N–H and O–H groups in total. The van der Waals surface area contributed by atoms with Crippen LogP contribution >= 0.6 is 0 Å². The van der Waals surface area contributed by atoms with Gasteiger partial charge in [-0.05, 0) is 49.9 Å². The van der Waals surface area contributed by atoms with E-state index in [2.05, 4.69) is 16.7 Å². The van der Waals surface area contributed by atoms with E-state index < -0.39 is 18.5 Å². The Morgan fingerprint density at radius 1 is 1.11 bits per heavy atom. The third-order valence-electron chi connectivity index (χ3n) is 3.00. The van der Waals surface area contributed by atoms with Crippen molar-refractivity contribution in [3.8, 4) is 0 Å². The number of carbonyl (C=O) groups excluding carboxylic acids is 1. The zero-order valence-corrected chi connectivity index (χ0v) is 11.0. The average Bonchev–Trinajstić information content (AvgIpc) is 2.29. The second kappa shape index (κ2) is 5.53. The Hall–Kier alpha value is -2.04. The lowest BCUT2D eigenvalue weighted by Crippen LogP contribution is -2.33. The third kappa shape index (κ3) is 3.23. The molecule has 0 heterocycles. The SMILES string of the molecule is Cc1cc(C)c(C)c(NC(=O)NCC(=O)O)c1C. The van der Waals surface area contributed by atoms with E-state index in [1.54, 1.807) is 0 Å². The molecule has 0 aliphatic carbocycles. The third-order valence-corrected chi connectivity index (χ3v) is 3.00. The molecule has 5 heteroatoms. The Bertz CT molecular complexity index is 469. The molecule has 0 aliphatic rings. The lowest BCUT2D eigenvalue weighted by atomic mass is 9.99. The van der Waals surface area contributed by atoms with Crippen molar-refractivity contribution in [2.45, 2.75) is 27.7 Å². The topological polar surface area (TPSA) is 78.4 Å². The van der Waals surface area contributed by atoms with Crippen molar-refractivity contribution < 1.29 is 14.7 Å². The molecular weight excluding hydrogens is 232 g/mol. The normalized spacial score (nSPS) is 10.0. The lowest BCUT2D eigenvalue weighted by Gasteiger charge is -2.16. The molecule has 18 heavy (non-hydrogen) atoms. The minimum atomic E-state index is -1.07. The predicted molar refractivity (Wildman–Crippen MR) is 70.0 cm³/mol. The summed E-state index contributed by atoms with van der Waals surface area (Å²) in [5, 5.41) is 13.5. The molecule has 98 valence electrons. The van der Waals surface area contributed by atoms with Gasteiger partial charge in [0.1, 0.15) is 6.54 Å². The molecule has 0 aromatic heterocycles.